The minimum absolute atomic E-state index is 0.898. The Morgan fingerprint density at radius 3 is 2.50 bits per heavy atom. The van der Waals surface area contributed by atoms with Gasteiger partial charge in [0, 0.05) is 0 Å². The van der Waals surface area contributed by atoms with Crippen LogP contribution in [-0.2, 0) is 6.54 Å². The van der Waals surface area contributed by atoms with Gasteiger partial charge in [-0.2, -0.15) is 0 Å². The van der Waals surface area contributed by atoms with E-state index in [4.69, 9.17) is 4.42 Å². The molecule has 2 fully saturated rings. The van der Waals surface area contributed by atoms with Crippen LogP contribution in [0.4, 0.5) is 0 Å². The minimum atomic E-state index is 0.898. The van der Waals surface area contributed by atoms with Gasteiger partial charge in [-0.05, 0) is 68.5 Å². The number of hydrogen-bond acceptors (Lipinski definition) is 2. The third kappa shape index (κ3) is 2.32. The smallest absolute Gasteiger partial charge is 0.120 e. The topological polar surface area (TPSA) is 25.2 Å². The van der Waals surface area contributed by atoms with Gasteiger partial charge in [-0.15, -0.1) is 0 Å². The van der Waals surface area contributed by atoms with Crippen LogP contribution in [0.5, 0.6) is 0 Å². The van der Waals surface area contributed by atoms with Gasteiger partial charge in [0.05, 0.1) is 12.8 Å². The zero-order valence-corrected chi connectivity index (χ0v) is 10.0. The van der Waals surface area contributed by atoms with Gasteiger partial charge in [0.1, 0.15) is 5.76 Å². The summed E-state index contributed by atoms with van der Waals surface area (Å²) < 4.78 is 5.44. The summed E-state index contributed by atoms with van der Waals surface area (Å²) in [5, 5.41) is 3.58. The van der Waals surface area contributed by atoms with Crippen molar-refractivity contribution in [2.45, 2.75) is 39.2 Å². The van der Waals surface area contributed by atoms with Crippen LogP contribution < -0.4 is 5.32 Å². The Morgan fingerprint density at radius 1 is 1.31 bits per heavy atom. The maximum atomic E-state index is 5.44. The summed E-state index contributed by atoms with van der Waals surface area (Å²) in [5.41, 5.74) is 1.27. The summed E-state index contributed by atoms with van der Waals surface area (Å²) in [5.74, 6) is 4.14. The Balaban J connectivity index is 1.46. The second kappa shape index (κ2) is 4.25. The molecule has 0 unspecified atom stereocenters. The molecule has 0 atom stereocenters. The van der Waals surface area contributed by atoms with Gasteiger partial charge in [0.2, 0.25) is 0 Å². The second-order valence-corrected chi connectivity index (χ2v) is 5.50. The molecule has 0 aromatic carbocycles. The molecule has 2 heteroatoms. The molecule has 0 bridgehead atoms. The van der Waals surface area contributed by atoms with Crippen LogP contribution >= 0.6 is 0 Å². The zero-order valence-electron chi connectivity index (χ0n) is 10.0. The maximum absolute atomic E-state index is 5.44. The molecule has 0 amide bonds. The number of hydrogen-bond donors (Lipinski definition) is 1. The molecule has 0 aliphatic heterocycles. The average molecular weight is 219 g/mol. The van der Waals surface area contributed by atoms with Crippen molar-refractivity contribution in [2.24, 2.45) is 17.8 Å². The van der Waals surface area contributed by atoms with E-state index >= 15 is 0 Å². The lowest BCUT2D eigenvalue weighted by atomic mass is 9.98. The molecule has 3 rings (SSSR count). The number of rotatable bonds is 6. The standard InChI is InChI=1S/C14H21NO/c1-10-6-7-16-14(10)9-15-8-13(11-2-3-11)12-4-5-12/h6-7,11-13,15H,2-5,8-9H2,1H3. The van der Waals surface area contributed by atoms with E-state index < -0.39 is 0 Å². The van der Waals surface area contributed by atoms with Gasteiger partial charge < -0.3 is 9.73 Å². The van der Waals surface area contributed by atoms with E-state index in [0.29, 0.717) is 0 Å². The highest BCUT2D eigenvalue weighted by molar-refractivity contribution is 5.14. The molecule has 1 aromatic heterocycles. The summed E-state index contributed by atoms with van der Waals surface area (Å²) in [6.45, 7) is 4.20. The lowest BCUT2D eigenvalue weighted by Crippen LogP contribution is -2.25. The first-order chi connectivity index (χ1) is 7.84. The predicted octanol–water partition coefficient (Wildman–Crippen LogP) is 3.11. The molecule has 1 N–H and O–H groups in total. The second-order valence-electron chi connectivity index (χ2n) is 5.50. The Kier molecular flexibility index (Phi) is 2.76. The Labute approximate surface area is 97.4 Å². The van der Waals surface area contributed by atoms with E-state index in [1.165, 1.54) is 37.8 Å². The minimum Gasteiger partial charge on any atom is -0.468 e. The fourth-order valence-electron chi connectivity index (χ4n) is 2.70. The van der Waals surface area contributed by atoms with Gasteiger partial charge in [-0.1, -0.05) is 0 Å². The highest BCUT2D eigenvalue weighted by Crippen LogP contribution is 2.48. The van der Waals surface area contributed by atoms with Gasteiger partial charge in [-0.3, -0.25) is 0 Å². The van der Waals surface area contributed by atoms with E-state index in [1.807, 2.05) is 6.07 Å². The third-order valence-corrected chi connectivity index (χ3v) is 4.09. The molecule has 2 saturated carbocycles. The molecule has 2 nitrogen and oxygen atoms in total. The Bertz CT molecular complexity index is 337. The van der Waals surface area contributed by atoms with Gasteiger partial charge in [0.15, 0.2) is 0 Å². The quantitative estimate of drug-likeness (QED) is 0.795. The summed E-state index contributed by atoms with van der Waals surface area (Å²) in [6.07, 6.45) is 7.68. The molecule has 0 saturated heterocycles. The van der Waals surface area contributed by atoms with Crippen LogP contribution in [-0.4, -0.2) is 6.54 Å². The SMILES string of the molecule is Cc1ccoc1CNCC(C1CC1)C1CC1. The first kappa shape index (κ1) is 10.4. The molecule has 0 radical (unpaired) electrons. The fraction of sp³-hybridized carbons (Fsp3) is 0.714. The predicted molar refractivity (Wildman–Crippen MR) is 64.1 cm³/mol. The van der Waals surface area contributed by atoms with Crippen LogP contribution in [0.2, 0.25) is 0 Å². The van der Waals surface area contributed by atoms with Crippen LogP contribution in [0.1, 0.15) is 37.0 Å². The van der Waals surface area contributed by atoms with Gasteiger partial charge >= 0.3 is 0 Å². The number of nitrogens with one attached hydrogen (secondary N) is 1. The van der Waals surface area contributed by atoms with Crippen LogP contribution in [0.25, 0.3) is 0 Å². The third-order valence-electron chi connectivity index (χ3n) is 4.09. The van der Waals surface area contributed by atoms with E-state index in [2.05, 4.69) is 12.2 Å². The molecule has 0 spiro atoms. The number of aryl methyl sites for hydroxylation is 1. The molecular formula is C14H21NO. The molecule has 1 heterocycles. The molecular weight excluding hydrogens is 198 g/mol. The van der Waals surface area contributed by atoms with E-state index in [9.17, 15) is 0 Å². The van der Waals surface area contributed by atoms with E-state index in [-0.39, 0.29) is 0 Å². The Hall–Kier alpha value is -0.760. The summed E-state index contributed by atoms with van der Waals surface area (Å²) in [7, 11) is 0. The van der Waals surface area contributed by atoms with Crippen LogP contribution in [0, 0.1) is 24.7 Å². The Morgan fingerprint density at radius 2 is 2.00 bits per heavy atom. The maximum Gasteiger partial charge on any atom is 0.120 e. The normalized spacial score (nSPS) is 20.6. The van der Waals surface area contributed by atoms with Crippen molar-refractivity contribution in [1.29, 1.82) is 0 Å². The lowest BCUT2D eigenvalue weighted by molar-refractivity contribution is 0.367. The lowest BCUT2D eigenvalue weighted by Gasteiger charge is -2.15. The molecule has 88 valence electrons. The van der Waals surface area contributed by atoms with Gasteiger partial charge in [-0.25, -0.2) is 0 Å². The summed E-state index contributed by atoms with van der Waals surface area (Å²) >= 11 is 0. The van der Waals surface area contributed by atoms with Crippen molar-refractivity contribution in [1.82, 2.24) is 5.32 Å². The molecule has 2 aliphatic rings. The number of furan rings is 1. The van der Waals surface area contributed by atoms with Crippen molar-refractivity contribution < 1.29 is 4.42 Å². The largest absolute Gasteiger partial charge is 0.468 e. The summed E-state index contributed by atoms with van der Waals surface area (Å²) in [4.78, 5) is 0. The van der Waals surface area contributed by atoms with E-state index in [0.717, 1.165) is 30.1 Å². The van der Waals surface area contributed by atoms with Crippen LogP contribution in [0.15, 0.2) is 16.7 Å². The average Bonchev–Trinajstić information content (AvgIpc) is 3.15. The van der Waals surface area contributed by atoms with E-state index in [1.54, 1.807) is 6.26 Å². The van der Waals surface area contributed by atoms with Gasteiger partial charge in [0.25, 0.3) is 0 Å². The van der Waals surface area contributed by atoms with Crippen molar-refractivity contribution in [3.63, 3.8) is 0 Å². The molecule has 2 aliphatic carbocycles. The van der Waals surface area contributed by atoms with Crippen molar-refractivity contribution in [3.8, 4) is 0 Å². The zero-order chi connectivity index (χ0) is 11.0. The monoisotopic (exact) mass is 219 g/mol. The van der Waals surface area contributed by atoms with Crippen molar-refractivity contribution in [2.75, 3.05) is 6.54 Å². The first-order valence-electron chi connectivity index (χ1n) is 6.58. The highest BCUT2D eigenvalue weighted by Gasteiger charge is 2.40. The summed E-state index contributed by atoms with van der Waals surface area (Å²) in [6, 6.07) is 2.04. The van der Waals surface area contributed by atoms with Crippen LogP contribution in [0.3, 0.4) is 0 Å². The van der Waals surface area contributed by atoms with Crippen molar-refractivity contribution >= 4 is 0 Å². The highest BCUT2D eigenvalue weighted by atomic mass is 16.3. The fourth-order valence-corrected chi connectivity index (χ4v) is 2.70. The molecule has 1 aromatic rings. The van der Waals surface area contributed by atoms with Crippen molar-refractivity contribution in [3.05, 3.63) is 23.7 Å². The molecule has 16 heavy (non-hydrogen) atoms. The first-order valence-corrected chi connectivity index (χ1v) is 6.58.